The highest BCUT2D eigenvalue weighted by atomic mass is 32.2. The third-order valence-electron chi connectivity index (χ3n) is 2.79. The number of benzene rings is 1. The van der Waals surface area contributed by atoms with Crippen LogP contribution >= 0.6 is 48.0 Å². The van der Waals surface area contributed by atoms with Crippen LogP contribution in [-0.2, 0) is 9.59 Å². The molecule has 110 valence electrons. The molecule has 0 atom stereocenters. The minimum atomic E-state index is -0.185. The molecule has 2 N–H and O–H groups in total. The number of rotatable bonds is 2. The van der Waals surface area contributed by atoms with Gasteiger partial charge in [0.2, 0.25) is 0 Å². The van der Waals surface area contributed by atoms with Crippen LogP contribution in [0.2, 0.25) is 0 Å². The molecular formula is C14H8N2O2S4. The quantitative estimate of drug-likeness (QED) is 0.622. The fraction of sp³-hybridized carbons (Fsp3) is 0. The van der Waals surface area contributed by atoms with Crippen LogP contribution in [0.1, 0.15) is 11.1 Å². The van der Waals surface area contributed by atoms with E-state index in [4.69, 9.17) is 24.4 Å². The fourth-order valence-corrected chi connectivity index (χ4v) is 3.97. The summed E-state index contributed by atoms with van der Waals surface area (Å²) in [5.41, 5.74) is 1.73. The Morgan fingerprint density at radius 1 is 0.864 bits per heavy atom. The van der Waals surface area contributed by atoms with E-state index in [0.29, 0.717) is 18.5 Å². The molecule has 2 fully saturated rings. The molecule has 2 heterocycles. The Hall–Kier alpha value is -1.48. The largest absolute Gasteiger partial charge is 0.307 e. The van der Waals surface area contributed by atoms with Gasteiger partial charge in [-0.1, -0.05) is 66.2 Å². The van der Waals surface area contributed by atoms with E-state index < -0.39 is 0 Å². The van der Waals surface area contributed by atoms with Gasteiger partial charge in [-0.3, -0.25) is 9.59 Å². The van der Waals surface area contributed by atoms with Gasteiger partial charge >= 0.3 is 0 Å². The molecule has 0 bridgehead atoms. The van der Waals surface area contributed by atoms with Crippen LogP contribution < -0.4 is 10.6 Å². The van der Waals surface area contributed by atoms with Crippen LogP contribution in [0.3, 0.4) is 0 Å². The Balaban J connectivity index is 1.88. The zero-order valence-electron chi connectivity index (χ0n) is 10.9. The van der Waals surface area contributed by atoms with Crippen LogP contribution in [-0.4, -0.2) is 20.5 Å². The molecule has 0 spiro atoms. The lowest BCUT2D eigenvalue weighted by Gasteiger charge is -1.99. The Bertz CT molecular complexity index is 722. The number of amides is 2. The highest BCUT2D eigenvalue weighted by Crippen LogP contribution is 2.28. The SMILES string of the molecule is O=C1NC(=S)S/C1=C\c1cccc(/C=C2/SC(=S)NC2=O)c1. The lowest BCUT2D eigenvalue weighted by molar-refractivity contribution is -0.116. The highest BCUT2D eigenvalue weighted by Gasteiger charge is 2.23. The van der Waals surface area contributed by atoms with E-state index in [1.807, 2.05) is 24.3 Å². The summed E-state index contributed by atoms with van der Waals surface area (Å²) in [6, 6.07) is 7.53. The van der Waals surface area contributed by atoms with Gasteiger partial charge in [0.05, 0.1) is 9.81 Å². The summed E-state index contributed by atoms with van der Waals surface area (Å²) in [7, 11) is 0. The summed E-state index contributed by atoms with van der Waals surface area (Å²) in [4.78, 5) is 24.4. The third kappa shape index (κ3) is 3.46. The van der Waals surface area contributed by atoms with Gasteiger partial charge in [0.15, 0.2) is 0 Å². The van der Waals surface area contributed by atoms with Gasteiger partial charge in [-0.15, -0.1) is 0 Å². The van der Waals surface area contributed by atoms with Crippen molar-refractivity contribution < 1.29 is 9.59 Å². The Kier molecular flexibility index (Phi) is 4.44. The van der Waals surface area contributed by atoms with Crippen molar-refractivity contribution >= 4 is 80.6 Å². The number of thioether (sulfide) groups is 2. The number of nitrogens with one attached hydrogen (secondary N) is 2. The zero-order chi connectivity index (χ0) is 15.7. The van der Waals surface area contributed by atoms with E-state index in [-0.39, 0.29) is 11.8 Å². The van der Waals surface area contributed by atoms with Gasteiger partial charge in [0.25, 0.3) is 11.8 Å². The first-order valence-corrected chi connectivity index (χ1v) is 8.56. The van der Waals surface area contributed by atoms with Crippen molar-refractivity contribution in [3.8, 4) is 0 Å². The average Bonchev–Trinajstić information content (AvgIpc) is 2.92. The van der Waals surface area contributed by atoms with Gasteiger partial charge in [-0.2, -0.15) is 0 Å². The molecule has 2 amide bonds. The summed E-state index contributed by atoms with van der Waals surface area (Å²) in [5.74, 6) is -0.371. The number of thiocarbonyl (C=S) groups is 2. The average molecular weight is 364 g/mol. The molecule has 0 saturated carbocycles. The van der Waals surface area contributed by atoms with Crippen LogP contribution in [0.15, 0.2) is 34.1 Å². The van der Waals surface area contributed by atoms with E-state index in [9.17, 15) is 9.59 Å². The maximum Gasteiger partial charge on any atom is 0.263 e. The number of hydrogen-bond acceptors (Lipinski definition) is 6. The summed E-state index contributed by atoms with van der Waals surface area (Å²) < 4.78 is 0.920. The first kappa shape index (κ1) is 15.4. The fourth-order valence-electron chi connectivity index (χ4n) is 1.88. The predicted octanol–water partition coefficient (Wildman–Crippen LogP) is 2.66. The van der Waals surface area contributed by atoms with E-state index in [1.54, 1.807) is 12.2 Å². The summed E-state index contributed by atoms with van der Waals surface area (Å²) in [6.07, 6.45) is 3.54. The first-order chi connectivity index (χ1) is 10.5. The van der Waals surface area contributed by atoms with Crippen LogP contribution in [0.25, 0.3) is 12.2 Å². The molecule has 1 aromatic carbocycles. The van der Waals surface area contributed by atoms with Gasteiger partial charge in [-0.05, 0) is 29.3 Å². The van der Waals surface area contributed by atoms with Crippen molar-refractivity contribution in [1.82, 2.24) is 10.6 Å². The van der Waals surface area contributed by atoms with Crippen LogP contribution in [0.5, 0.6) is 0 Å². The van der Waals surface area contributed by atoms with Crippen molar-refractivity contribution in [3.05, 3.63) is 45.2 Å². The first-order valence-electron chi connectivity index (χ1n) is 6.11. The molecule has 22 heavy (non-hydrogen) atoms. The van der Waals surface area contributed by atoms with Crippen LogP contribution in [0.4, 0.5) is 0 Å². The van der Waals surface area contributed by atoms with E-state index >= 15 is 0 Å². The van der Waals surface area contributed by atoms with E-state index in [0.717, 1.165) is 11.1 Å². The minimum absolute atomic E-state index is 0.185. The molecule has 0 unspecified atom stereocenters. The van der Waals surface area contributed by atoms with E-state index in [1.165, 1.54) is 23.5 Å². The lowest BCUT2D eigenvalue weighted by atomic mass is 10.1. The number of hydrogen-bond donors (Lipinski definition) is 2. The van der Waals surface area contributed by atoms with Crippen molar-refractivity contribution in [2.45, 2.75) is 0 Å². The number of carbonyl (C=O) groups is 2. The number of carbonyl (C=O) groups excluding carboxylic acids is 2. The molecule has 1 aromatic rings. The molecule has 0 aromatic heterocycles. The van der Waals surface area contributed by atoms with Crippen molar-refractivity contribution in [3.63, 3.8) is 0 Å². The van der Waals surface area contributed by atoms with Crippen molar-refractivity contribution in [1.29, 1.82) is 0 Å². The predicted molar refractivity (Wildman–Crippen MR) is 99.1 cm³/mol. The molecule has 2 saturated heterocycles. The maximum absolute atomic E-state index is 11.7. The second-order valence-electron chi connectivity index (χ2n) is 4.37. The third-order valence-corrected chi connectivity index (χ3v) is 5.12. The summed E-state index contributed by atoms with van der Waals surface area (Å²) >= 11 is 12.4. The van der Waals surface area contributed by atoms with Gasteiger partial charge in [0, 0.05) is 0 Å². The van der Waals surface area contributed by atoms with Crippen LogP contribution in [0, 0.1) is 0 Å². The lowest BCUT2D eigenvalue weighted by Crippen LogP contribution is -2.17. The standard InChI is InChI=1S/C14H8N2O2S4/c17-11-9(21-13(19)15-11)5-7-2-1-3-8(4-7)6-10-12(18)16-14(20)22-10/h1-6H,(H,15,17,19)(H,16,18,20)/b9-5-,10-6+. The molecule has 0 radical (unpaired) electrons. The maximum atomic E-state index is 11.7. The van der Waals surface area contributed by atoms with Crippen molar-refractivity contribution in [2.75, 3.05) is 0 Å². The zero-order valence-corrected chi connectivity index (χ0v) is 14.2. The molecule has 0 aliphatic carbocycles. The Morgan fingerprint density at radius 3 is 1.68 bits per heavy atom. The smallest absolute Gasteiger partial charge is 0.263 e. The molecule has 2 aliphatic rings. The second-order valence-corrected chi connectivity index (χ2v) is 7.81. The topological polar surface area (TPSA) is 58.2 Å². The minimum Gasteiger partial charge on any atom is -0.307 e. The molecule has 8 heteroatoms. The molecular weight excluding hydrogens is 356 g/mol. The molecule has 3 rings (SSSR count). The molecule has 4 nitrogen and oxygen atoms in total. The van der Waals surface area contributed by atoms with Gasteiger partial charge in [-0.25, -0.2) is 0 Å². The van der Waals surface area contributed by atoms with E-state index in [2.05, 4.69) is 10.6 Å². The monoisotopic (exact) mass is 364 g/mol. The Morgan fingerprint density at radius 2 is 1.32 bits per heavy atom. The van der Waals surface area contributed by atoms with Gasteiger partial charge in [0.1, 0.15) is 8.64 Å². The summed E-state index contributed by atoms with van der Waals surface area (Å²) in [5, 5.41) is 5.15. The van der Waals surface area contributed by atoms with Gasteiger partial charge < -0.3 is 10.6 Å². The highest BCUT2D eigenvalue weighted by molar-refractivity contribution is 8.27. The molecule has 2 aliphatic heterocycles. The van der Waals surface area contributed by atoms with Crippen molar-refractivity contribution in [2.24, 2.45) is 0 Å². The Labute approximate surface area is 145 Å². The summed E-state index contributed by atoms with van der Waals surface area (Å²) in [6.45, 7) is 0. The second kappa shape index (κ2) is 6.33. The normalized spacial score (nSPS) is 21.6.